The Hall–Kier alpha value is -1.74. The Morgan fingerprint density at radius 3 is 2.35 bits per heavy atom. The van der Waals surface area contributed by atoms with Gasteiger partial charge in [0.05, 0.1) is 12.4 Å². The number of sulfonamides is 1. The van der Waals surface area contributed by atoms with Crippen molar-refractivity contribution in [3.8, 4) is 0 Å². The number of likely N-dealkylation sites (N-methyl/N-ethyl adjacent to an activating group) is 1. The molecule has 2 heterocycles. The van der Waals surface area contributed by atoms with E-state index in [9.17, 15) is 13.2 Å². The van der Waals surface area contributed by atoms with Gasteiger partial charge in [0.1, 0.15) is 10.4 Å². The second kappa shape index (κ2) is 4.67. The number of nitrogens with two attached hydrogens (primary N) is 1. The van der Waals surface area contributed by atoms with Crippen molar-refractivity contribution >= 4 is 21.9 Å². The van der Waals surface area contributed by atoms with Crippen molar-refractivity contribution in [2.75, 3.05) is 25.9 Å². The van der Waals surface area contributed by atoms with Crippen LogP contribution in [0.1, 0.15) is 13.8 Å². The normalized spacial score (nSPS) is 20.1. The molecule has 110 valence electrons. The molecular weight excluding hydrogens is 282 g/mol. The van der Waals surface area contributed by atoms with Gasteiger partial charge < -0.3 is 10.6 Å². The standard InChI is InChI=1S/C11H17N5O3S/c1-11(2)9(17)15(3)4-5-16(11)20(18,19)8-6-13-10(12)14-7-8/h6-7H,4-5H2,1-3H3,(H2,12,13,14). The first-order valence-corrected chi connectivity index (χ1v) is 7.47. The van der Waals surface area contributed by atoms with E-state index >= 15 is 0 Å². The highest BCUT2D eigenvalue weighted by molar-refractivity contribution is 7.89. The molecule has 1 aliphatic heterocycles. The first kappa shape index (κ1) is 14.7. The predicted molar refractivity (Wildman–Crippen MR) is 72.1 cm³/mol. The summed E-state index contributed by atoms with van der Waals surface area (Å²) in [5, 5.41) is 0. The maximum absolute atomic E-state index is 12.6. The van der Waals surface area contributed by atoms with Crippen molar-refractivity contribution in [3.05, 3.63) is 12.4 Å². The molecule has 0 aliphatic carbocycles. The van der Waals surface area contributed by atoms with Crippen LogP contribution in [0.2, 0.25) is 0 Å². The second-order valence-electron chi connectivity index (χ2n) is 5.14. The lowest BCUT2D eigenvalue weighted by Gasteiger charge is -2.43. The number of carbonyl (C=O) groups is 1. The molecule has 1 fully saturated rings. The van der Waals surface area contributed by atoms with Gasteiger partial charge in [0.15, 0.2) is 0 Å². The number of aromatic nitrogens is 2. The maximum atomic E-state index is 12.6. The Bertz CT molecular complexity index is 626. The summed E-state index contributed by atoms with van der Waals surface area (Å²) in [6.07, 6.45) is 2.30. The van der Waals surface area contributed by atoms with Gasteiger partial charge in [-0.3, -0.25) is 4.79 Å². The van der Waals surface area contributed by atoms with Crippen LogP contribution in [0.25, 0.3) is 0 Å². The molecule has 0 unspecified atom stereocenters. The molecule has 0 spiro atoms. The van der Waals surface area contributed by atoms with Crippen molar-refractivity contribution in [2.45, 2.75) is 24.3 Å². The molecule has 0 aromatic carbocycles. The van der Waals surface area contributed by atoms with Gasteiger partial charge in [-0.05, 0) is 13.8 Å². The zero-order valence-electron chi connectivity index (χ0n) is 11.6. The molecule has 20 heavy (non-hydrogen) atoms. The smallest absolute Gasteiger partial charge is 0.247 e. The molecule has 8 nitrogen and oxygen atoms in total. The van der Waals surface area contributed by atoms with Gasteiger partial charge >= 0.3 is 0 Å². The lowest BCUT2D eigenvalue weighted by Crippen LogP contribution is -2.63. The minimum Gasteiger partial charge on any atom is -0.368 e. The molecule has 0 radical (unpaired) electrons. The van der Waals surface area contributed by atoms with Crippen LogP contribution < -0.4 is 5.73 Å². The van der Waals surface area contributed by atoms with Crippen LogP contribution in [0.4, 0.5) is 5.95 Å². The van der Waals surface area contributed by atoms with Crippen LogP contribution in [-0.2, 0) is 14.8 Å². The van der Waals surface area contributed by atoms with E-state index in [1.165, 1.54) is 9.21 Å². The van der Waals surface area contributed by atoms with Crippen LogP contribution in [0.15, 0.2) is 17.3 Å². The van der Waals surface area contributed by atoms with Crippen molar-refractivity contribution < 1.29 is 13.2 Å². The van der Waals surface area contributed by atoms with Crippen molar-refractivity contribution in [1.29, 1.82) is 0 Å². The Balaban J connectivity index is 2.44. The maximum Gasteiger partial charge on any atom is 0.247 e. The van der Waals surface area contributed by atoms with Crippen LogP contribution in [-0.4, -0.2) is 59.2 Å². The van der Waals surface area contributed by atoms with E-state index in [1.54, 1.807) is 20.9 Å². The number of nitrogens with zero attached hydrogens (tertiary/aromatic N) is 4. The molecule has 1 aromatic rings. The third-order valence-corrected chi connectivity index (χ3v) is 5.39. The number of amides is 1. The molecule has 0 saturated carbocycles. The molecule has 2 rings (SSSR count). The van der Waals surface area contributed by atoms with E-state index in [-0.39, 0.29) is 23.3 Å². The van der Waals surface area contributed by atoms with Crippen LogP contribution in [0.3, 0.4) is 0 Å². The Labute approximate surface area is 117 Å². The molecule has 1 saturated heterocycles. The molecule has 2 N–H and O–H groups in total. The number of carbonyl (C=O) groups excluding carboxylic acids is 1. The van der Waals surface area contributed by atoms with Gasteiger partial charge in [-0.25, -0.2) is 18.4 Å². The lowest BCUT2D eigenvalue weighted by molar-refractivity contribution is -0.142. The van der Waals surface area contributed by atoms with E-state index in [0.717, 1.165) is 12.4 Å². The van der Waals surface area contributed by atoms with Gasteiger partial charge in [-0.15, -0.1) is 0 Å². The van der Waals surface area contributed by atoms with Crippen molar-refractivity contribution in [1.82, 2.24) is 19.2 Å². The Morgan fingerprint density at radius 2 is 1.80 bits per heavy atom. The summed E-state index contributed by atoms with van der Waals surface area (Å²) < 4.78 is 26.4. The first-order chi connectivity index (χ1) is 9.17. The SMILES string of the molecule is CN1CCN(S(=O)(=O)c2cnc(N)nc2)C(C)(C)C1=O. The van der Waals surface area contributed by atoms with Crippen molar-refractivity contribution in [3.63, 3.8) is 0 Å². The second-order valence-corrected chi connectivity index (χ2v) is 7.00. The average molecular weight is 299 g/mol. The third kappa shape index (κ3) is 2.22. The van der Waals surface area contributed by atoms with E-state index in [0.29, 0.717) is 6.54 Å². The lowest BCUT2D eigenvalue weighted by atomic mass is 10.0. The summed E-state index contributed by atoms with van der Waals surface area (Å²) in [6, 6.07) is 0. The topological polar surface area (TPSA) is 109 Å². The monoisotopic (exact) mass is 299 g/mol. The number of anilines is 1. The Morgan fingerprint density at radius 1 is 1.25 bits per heavy atom. The number of hydrogen-bond donors (Lipinski definition) is 1. The van der Waals surface area contributed by atoms with Crippen LogP contribution in [0, 0.1) is 0 Å². The van der Waals surface area contributed by atoms with Gasteiger partial charge in [0.25, 0.3) is 0 Å². The highest BCUT2D eigenvalue weighted by Crippen LogP contribution is 2.28. The average Bonchev–Trinajstić information content (AvgIpc) is 2.36. The van der Waals surface area contributed by atoms with Crippen LogP contribution >= 0.6 is 0 Å². The van der Waals surface area contributed by atoms with Crippen LogP contribution in [0.5, 0.6) is 0 Å². The molecular formula is C11H17N5O3S. The van der Waals surface area contributed by atoms with Gasteiger partial charge in [0, 0.05) is 20.1 Å². The number of hydrogen-bond acceptors (Lipinski definition) is 6. The summed E-state index contributed by atoms with van der Waals surface area (Å²) >= 11 is 0. The molecule has 0 atom stereocenters. The molecule has 1 aromatic heterocycles. The largest absolute Gasteiger partial charge is 0.368 e. The van der Waals surface area contributed by atoms with Gasteiger partial charge in [-0.1, -0.05) is 0 Å². The zero-order valence-corrected chi connectivity index (χ0v) is 12.4. The molecule has 9 heteroatoms. The number of rotatable bonds is 2. The fourth-order valence-electron chi connectivity index (χ4n) is 2.20. The van der Waals surface area contributed by atoms with E-state index in [4.69, 9.17) is 5.73 Å². The van der Waals surface area contributed by atoms with Gasteiger partial charge in [-0.2, -0.15) is 4.31 Å². The quantitative estimate of drug-likeness (QED) is 0.773. The fourth-order valence-corrected chi connectivity index (χ4v) is 3.83. The minimum atomic E-state index is -3.84. The number of piperazine rings is 1. The summed E-state index contributed by atoms with van der Waals surface area (Å²) in [6.45, 7) is 3.74. The molecule has 0 bridgehead atoms. The minimum absolute atomic E-state index is 0.00216. The number of nitrogen functional groups attached to an aromatic ring is 1. The van der Waals surface area contributed by atoms with E-state index in [1.807, 2.05) is 0 Å². The molecule has 1 aliphatic rings. The summed E-state index contributed by atoms with van der Waals surface area (Å²) in [4.78, 5) is 21.0. The fraction of sp³-hybridized carbons (Fsp3) is 0.545. The van der Waals surface area contributed by atoms with E-state index in [2.05, 4.69) is 9.97 Å². The summed E-state index contributed by atoms with van der Waals surface area (Å²) in [5.74, 6) is -0.249. The summed E-state index contributed by atoms with van der Waals surface area (Å²) in [7, 11) is -2.18. The summed E-state index contributed by atoms with van der Waals surface area (Å²) in [5.41, 5.74) is 4.20. The first-order valence-electron chi connectivity index (χ1n) is 6.03. The van der Waals surface area contributed by atoms with E-state index < -0.39 is 15.6 Å². The molecule has 1 amide bonds. The highest BCUT2D eigenvalue weighted by atomic mass is 32.2. The third-order valence-electron chi connectivity index (χ3n) is 3.37. The predicted octanol–water partition coefficient (Wildman–Crippen LogP) is -0.700. The zero-order chi connectivity index (χ0) is 15.1. The Kier molecular flexibility index (Phi) is 3.42. The van der Waals surface area contributed by atoms with Gasteiger partial charge in [0.2, 0.25) is 21.9 Å². The van der Waals surface area contributed by atoms with Crippen molar-refractivity contribution in [2.24, 2.45) is 0 Å². The highest BCUT2D eigenvalue weighted by Gasteiger charge is 2.47.